The van der Waals surface area contributed by atoms with Gasteiger partial charge in [-0.3, -0.25) is 10.1 Å². The van der Waals surface area contributed by atoms with Gasteiger partial charge in [0.25, 0.3) is 5.69 Å². The van der Waals surface area contributed by atoms with Gasteiger partial charge in [0.2, 0.25) is 0 Å². The minimum absolute atomic E-state index is 0.234. The highest BCUT2D eigenvalue weighted by Crippen LogP contribution is 2.29. The lowest BCUT2D eigenvalue weighted by Gasteiger charge is -2.21. The van der Waals surface area contributed by atoms with Crippen LogP contribution in [0.4, 0.5) is 5.69 Å². The Kier molecular flexibility index (Phi) is 7.06. The van der Waals surface area contributed by atoms with Gasteiger partial charge in [-0.15, -0.1) is 0 Å². The average Bonchev–Trinajstić information content (AvgIpc) is 2.40. The third-order valence-electron chi connectivity index (χ3n) is 3.57. The standard InChI is InChI=1S/C15H22BrNO2/c1-3-5-8-12(4-2)14(16)11-13-9-6-7-10-15(13)17(18)19/h6-7,9-10,12,14H,3-5,8,11H2,1-2H3. The topological polar surface area (TPSA) is 43.1 Å². The van der Waals surface area contributed by atoms with Crippen molar-refractivity contribution < 1.29 is 4.92 Å². The normalized spacial score (nSPS) is 14.1. The second-order valence-corrected chi connectivity index (χ2v) is 6.09. The first-order valence-electron chi connectivity index (χ1n) is 6.96. The molecule has 2 unspecified atom stereocenters. The molecule has 0 fully saturated rings. The SMILES string of the molecule is CCCCC(CC)C(Br)Cc1ccccc1[N+](=O)[O-]. The van der Waals surface area contributed by atoms with E-state index in [-0.39, 0.29) is 10.6 Å². The van der Waals surface area contributed by atoms with E-state index in [9.17, 15) is 10.1 Å². The van der Waals surface area contributed by atoms with E-state index in [1.807, 2.05) is 12.1 Å². The van der Waals surface area contributed by atoms with Gasteiger partial charge in [0.1, 0.15) is 0 Å². The Morgan fingerprint density at radius 1 is 1.32 bits per heavy atom. The number of nitro groups is 1. The summed E-state index contributed by atoms with van der Waals surface area (Å²) in [7, 11) is 0. The van der Waals surface area contributed by atoms with Crippen molar-refractivity contribution in [3.05, 3.63) is 39.9 Å². The lowest BCUT2D eigenvalue weighted by molar-refractivity contribution is -0.385. The minimum atomic E-state index is -0.290. The average molecular weight is 328 g/mol. The molecule has 0 saturated carbocycles. The number of nitro benzene ring substituents is 1. The van der Waals surface area contributed by atoms with Crippen molar-refractivity contribution in [1.29, 1.82) is 0 Å². The number of rotatable bonds is 8. The van der Waals surface area contributed by atoms with E-state index >= 15 is 0 Å². The Balaban J connectivity index is 2.75. The van der Waals surface area contributed by atoms with E-state index in [1.165, 1.54) is 19.3 Å². The number of hydrogen-bond acceptors (Lipinski definition) is 2. The number of benzene rings is 1. The smallest absolute Gasteiger partial charge is 0.258 e. The molecule has 3 nitrogen and oxygen atoms in total. The maximum absolute atomic E-state index is 11.0. The van der Waals surface area contributed by atoms with Crippen LogP contribution in [0.3, 0.4) is 0 Å². The highest BCUT2D eigenvalue weighted by atomic mass is 79.9. The summed E-state index contributed by atoms with van der Waals surface area (Å²) in [6, 6.07) is 7.04. The highest BCUT2D eigenvalue weighted by Gasteiger charge is 2.21. The number of halogens is 1. The van der Waals surface area contributed by atoms with Crippen LogP contribution < -0.4 is 0 Å². The van der Waals surface area contributed by atoms with Crippen LogP contribution in [0.5, 0.6) is 0 Å². The molecule has 106 valence electrons. The largest absolute Gasteiger partial charge is 0.272 e. The van der Waals surface area contributed by atoms with Crippen LogP contribution in [0.1, 0.15) is 45.1 Å². The molecule has 0 aromatic heterocycles. The van der Waals surface area contributed by atoms with E-state index in [2.05, 4.69) is 29.8 Å². The number of unbranched alkanes of at least 4 members (excludes halogenated alkanes) is 1. The van der Waals surface area contributed by atoms with Gasteiger partial charge >= 0.3 is 0 Å². The monoisotopic (exact) mass is 327 g/mol. The van der Waals surface area contributed by atoms with Crippen molar-refractivity contribution in [3.8, 4) is 0 Å². The number of para-hydroxylation sites is 1. The fourth-order valence-electron chi connectivity index (χ4n) is 2.35. The van der Waals surface area contributed by atoms with Crippen LogP contribution in [-0.4, -0.2) is 9.75 Å². The first kappa shape index (κ1) is 16.2. The van der Waals surface area contributed by atoms with Crippen LogP contribution >= 0.6 is 15.9 Å². The molecule has 0 radical (unpaired) electrons. The Hall–Kier alpha value is -0.900. The van der Waals surface area contributed by atoms with Gasteiger partial charge in [0.05, 0.1) is 4.92 Å². The van der Waals surface area contributed by atoms with Crippen LogP contribution in [0.25, 0.3) is 0 Å². The number of nitrogens with zero attached hydrogens (tertiary/aromatic N) is 1. The van der Waals surface area contributed by atoms with E-state index in [1.54, 1.807) is 12.1 Å². The zero-order valence-electron chi connectivity index (χ0n) is 11.6. The summed E-state index contributed by atoms with van der Waals surface area (Å²) in [5.74, 6) is 0.583. The van der Waals surface area contributed by atoms with Crippen molar-refractivity contribution in [1.82, 2.24) is 0 Å². The summed E-state index contributed by atoms with van der Waals surface area (Å²) in [6.07, 6.45) is 5.43. The van der Waals surface area contributed by atoms with Crippen molar-refractivity contribution in [2.24, 2.45) is 5.92 Å². The molecule has 1 aromatic carbocycles. The first-order chi connectivity index (χ1) is 9.10. The molecule has 0 aliphatic rings. The summed E-state index contributed by atoms with van der Waals surface area (Å²) in [4.78, 5) is 11.0. The summed E-state index contributed by atoms with van der Waals surface area (Å²) < 4.78 is 0. The lowest BCUT2D eigenvalue weighted by Crippen LogP contribution is -2.17. The molecule has 2 atom stereocenters. The van der Waals surface area contributed by atoms with Crippen LogP contribution in [0.2, 0.25) is 0 Å². The number of hydrogen-bond donors (Lipinski definition) is 0. The summed E-state index contributed by atoms with van der Waals surface area (Å²) in [5.41, 5.74) is 1.06. The maximum atomic E-state index is 11.0. The molecule has 0 spiro atoms. The van der Waals surface area contributed by atoms with Gasteiger partial charge in [-0.25, -0.2) is 0 Å². The van der Waals surface area contributed by atoms with E-state index in [4.69, 9.17) is 0 Å². The third-order valence-corrected chi connectivity index (χ3v) is 4.64. The predicted octanol–water partition coefficient (Wildman–Crippen LogP) is 5.12. The number of alkyl halides is 1. The molecule has 0 saturated heterocycles. The zero-order valence-corrected chi connectivity index (χ0v) is 13.2. The quantitative estimate of drug-likeness (QED) is 0.378. The molecule has 19 heavy (non-hydrogen) atoms. The van der Waals surface area contributed by atoms with E-state index < -0.39 is 0 Å². The van der Waals surface area contributed by atoms with Crippen molar-refractivity contribution in [2.45, 2.75) is 50.8 Å². The van der Waals surface area contributed by atoms with Gasteiger partial charge in [0, 0.05) is 16.5 Å². The molecule has 0 bridgehead atoms. The molecule has 4 heteroatoms. The Morgan fingerprint density at radius 2 is 2.00 bits per heavy atom. The highest BCUT2D eigenvalue weighted by molar-refractivity contribution is 9.09. The van der Waals surface area contributed by atoms with Crippen LogP contribution in [-0.2, 0) is 6.42 Å². The minimum Gasteiger partial charge on any atom is -0.258 e. The van der Waals surface area contributed by atoms with Gasteiger partial charge < -0.3 is 0 Å². The fourth-order valence-corrected chi connectivity index (χ4v) is 3.33. The summed E-state index contributed by atoms with van der Waals surface area (Å²) in [6.45, 7) is 4.38. The fraction of sp³-hybridized carbons (Fsp3) is 0.600. The molecule has 0 aliphatic carbocycles. The molecule has 0 N–H and O–H groups in total. The molecule has 0 heterocycles. The van der Waals surface area contributed by atoms with Gasteiger partial charge in [0.15, 0.2) is 0 Å². The molecular weight excluding hydrogens is 306 g/mol. The molecule has 1 rings (SSSR count). The van der Waals surface area contributed by atoms with Crippen LogP contribution in [0.15, 0.2) is 24.3 Å². The Bertz CT molecular complexity index is 409. The second kappa shape index (κ2) is 8.31. The Labute approximate surface area is 123 Å². The van der Waals surface area contributed by atoms with Gasteiger partial charge in [-0.05, 0) is 18.8 Å². The molecular formula is C15H22BrNO2. The predicted molar refractivity (Wildman–Crippen MR) is 82.8 cm³/mol. The molecule has 1 aromatic rings. The molecule has 0 amide bonds. The Morgan fingerprint density at radius 3 is 2.58 bits per heavy atom. The van der Waals surface area contributed by atoms with Gasteiger partial charge in [-0.2, -0.15) is 0 Å². The van der Waals surface area contributed by atoms with Crippen molar-refractivity contribution in [2.75, 3.05) is 0 Å². The third kappa shape index (κ3) is 4.94. The zero-order chi connectivity index (χ0) is 14.3. The van der Waals surface area contributed by atoms with Crippen molar-refractivity contribution >= 4 is 21.6 Å². The summed E-state index contributed by atoms with van der Waals surface area (Å²) in [5, 5.41) is 11.0. The van der Waals surface area contributed by atoms with E-state index in [0.717, 1.165) is 18.4 Å². The molecule has 0 aliphatic heterocycles. The summed E-state index contributed by atoms with van der Waals surface area (Å²) >= 11 is 3.73. The van der Waals surface area contributed by atoms with Gasteiger partial charge in [-0.1, -0.05) is 67.2 Å². The van der Waals surface area contributed by atoms with E-state index in [0.29, 0.717) is 10.7 Å². The first-order valence-corrected chi connectivity index (χ1v) is 7.88. The van der Waals surface area contributed by atoms with Crippen LogP contribution in [0, 0.1) is 16.0 Å². The van der Waals surface area contributed by atoms with Crippen molar-refractivity contribution in [3.63, 3.8) is 0 Å². The maximum Gasteiger partial charge on any atom is 0.272 e. The lowest BCUT2D eigenvalue weighted by atomic mass is 9.92. The second-order valence-electron chi connectivity index (χ2n) is 4.92.